The Kier molecular flexibility index (Phi) is 4.89. The molecule has 3 heterocycles. The first-order chi connectivity index (χ1) is 13.6. The van der Waals surface area contributed by atoms with Gasteiger partial charge in [-0.15, -0.1) is 0 Å². The number of hydrogen-bond acceptors (Lipinski definition) is 4. The maximum atomic E-state index is 12.6. The molecule has 0 radical (unpaired) electrons. The van der Waals surface area contributed by atoms with Crippen molar-refractivity contribution in [1.29, 1.82) is 0 Å². The van der Waals surface area contributed by atoms with Crippen LogP contribution in [0.5, 0.6) is 0 Å². The highest BCUT2D eigenvalue weighted by Gasteiger charge is 2.08. The zero-order valence-electron chi connectivity index (χ0n) is 15.6. The van der Waals surface area contributed by atoms with Crippen molar-refractivity contribution in [1.82, 2.24) is 24.3 Å². The van der Waals surface area contributed by atoms with Crippen LogP contribution in [0.25, 0.3) is 16.6 Å². The van der Waals surface area contributed by atoms with E-state index < -0.39 is 0 Å². The molecule has 1 N–H and O–H groups in total. The summed E-state index contributed by atoms with van der Waals surface area (Å²) in [5.41, 5.74) is 3.30. The van der Waals surface area contributed by atoms with Crippen molar-refractivity contribution in [2.24, 2.45) is 0 Å². The van der Waals surface area contributed by atoms with Gasteiger partial charge >= 0.3 is 0 Å². The summed E-state index contributed by atoms with van der Waals surface area (Å²) >= 11 is 0. The van der Waals surface area contributed by atoms with Crippen molar-refractivity contribution in [2.45, 2.75) is 32.9 Å². The van der Waals surface area contributed by atoms with E-state index in [4.69, 9.17) is 0 Å². The zero-order valence-corrected chi connectivity index (χ0v) is 15.6. The summed E-state index contributed by atoms with van der Waals surface area (Å²) in [6.45, 7) is 2.78. The van der Waals surface area contributed by atoms with Crippen LogP contribution in [0.2, 0.25) is 0 Å². The highest BCUT2D eigenvalue weighted by atomic mass is 16.1. The van der Waals surface area contributed by atoms with Gasteiger partial charge in [0, 0.05) is 25.4 Å². The van der Waals surface area contributed by atoms with Crippen molar-refractivity contribution in [3.63, 3.8) is 0 Å². The van der Waals surface area contributed by atoms with Gasteiger partial charge in [-0.25, -0.2) is 9.97 Å². The van der Waals surface area contributed by atoms with Gasteiger partial charge in [-0.1, -0.05) is 18.2 Å². The standard InChI is InChI=1S/C21H21N5O2/c1-15-6-4-7-17-20(15)23-14-26(21(17)28)11-5-9-19(27)22-12-16-13-25-10-3-2-8-18(25)24-16/h2-4,6-8,10,13-14H,5,9,11-12H2,1H3,(H,22,27). The van der Waals surface area contributed by atoms with Crippen molar-refractivity contribution < 1.29 is 4.79 Å². The lowest BCUT2D eigenvalue weighted by Crippen LogP contribution is -2.25. The fourth-order valence-electron chi connectivity index (χ4n) is 3.26. The van der Waals surface area contributed by atoms with Crippen molar-refractivity contribution >= 4 is 22.5 Å². The molecular weight excluding hydrogens is 354 g/mol. The maximum absolute atomic E-state index is 12.6. The fourth-order valence-corrected chi connectivity index (χ4v) is 3.26. The molecule has 0 aliphatic heterocycles. The summed E-state index contributed by atoms with van der Waals surface area (Å²) in [5.74, 6) is -0.0605. The van der Waals surface area contributed by atoms with Crippen molar-refractivity contribution in [3.8, 4) is 0 Å². The minimum Gasteiger partial charge on any atom is -0.350 e. The van der Waals surface area contributed by atoms with Crippen LogP contribution in [0, 0.1) is 6.92 Å². The van der Waals surface area contributed by atoms with Gasteiger partial charge in [0.1, 0.15) is 5.65 Å². The minimum atomic E-state index is -0.0705. The molecule has 0 aliphatic rings. The van der Waals surface area contributed by atoms with Gasteiger partial charge < -0.3 is 9.72 Å². The van der Waals surface area contributed by atoms with E-state index in [9.17, 15) is 9.59 Å². The first kappa shape index (κ1) is 17.9. The minimum absolute atomic E-state index is 0.0605. The third-order valence-corrected chi connectivity index (χ3v) is 4.74. The molecule has 0 unspecified atom stereocenters. The van der Waals surface area contributed by atoms with Gasteiger partial charge in [-0.05, 0) is 37.1 Å². The van der Waals surface area contributed by atoms with E-state index in [0.717, 1.165) is 22.4 Å². The van der Waals surface area contributed by atoms with E-state index in [0.29, 0.717) is 31.3 Å². The second kappa shape index (κ2) is 7.64. The number of aryl methyl sites for hydroxylation is 2. The average Bonchev–Trinajstić information content (AvgIpc) is 3.12. The molecule has 0 aliphatic carbocycles. The monoisotopic (exact) mass is 375 g/mol. The largest absolute Gasteiger partial charge is 0.350 e. The lowest BCUT2D eigenvalue weighted by molar-refractivity contribution is -0.121. The predicted molar refractivity (Wildman–Crippen MR) is 107 cm³/mol. The number of amides is 1. The third-order valence-electron chi connectivity index (χ3n) is 4.74. The average molecular weight is 375 g/mol. The Bertz CT molecular complexity index is 1180. The summed E-state index contributed by atoms with van der Waals surface area (Å²) in [6, 6.07) is 11.4. The summed E-state index contributed by atoms with van der Waals surface area (Å²) in [4.78, 5) is 33.5. The number of nitrogens with one attached hydrogen (secondary N) is 1. The highest BCUT2D eigenvalue weighted by Crippen LogP contribution is 2.11. The smallest absolute Gasteiger partial charge is 0.261 e. The molecule has 1 aromatic carbocycles. The number of fused-ring (bicyclic) bond motifs is 2. The molecule has 7 nitrogen and oxygen atoms in total. The molecule has 0 spiro atoms. The molecule has 3 aromatic heterocycles. The van der Waals surface area contributed by atoms with E-state index in [1.54, 1.807) is 17.0 Å². The number of aromatic nitrogens is 4. The fraction of sp³-hybridized carbons (Fsp3) is 0.238. The lowest BCUT2D eigenvalue weighted by Gasteiger charge is -2.08. The van der Waals surface area contributed by atoms with E-state index in [2.05, 4.69) is 15.3 Å². The molecule has 1 amide bonds. The molecule has 0 saturated carbocycles. The molecule has 4 rings (SSSR count). The first-order valence-electron chi connectivity index (χ1n) is 9.26. The second-order valence-electron chi connectivity index (χ2n) is 6.79. The molecule has 0 bridgehead atoms. The first-order valence-corrected chi connectivity index (χ1v) is 9.26. The third kappa shape index (κ3) is 3.64. The van der Waals surface area contributed by atoms with E-state index in [1.165, 1.54) is 0 Å². The highest BCUT2D eigenvalue weighted by molar-refractivity contribution is 5.80. The van der Waals surface area contributed by atoms with E-state index >= 15 is 0 Å². The Hall–Kier alpha value is -3.48. The SMILES string of the molecule is Cc1cccc2c(=O)n(CCCC(=O)NCc3cn4ccccc4n3)cnc12. The van der Waals surface area contributed by atoms with Gasteiger partial charge in [0.15, 0.2) is 0 Å². The van der Waals surface area contributed by atoms with Crippen LogP contribution in [0.15, 0.2) is 59.9 Å². The molecule has 142 valence electrons. The lowest BCUT2D eigenvalue weighted by atomic mass is 10.1. The van der Waals surface area contributed by atoms with E-state index in [-0.39, 0.29) is 11.5 Å². The number of carbonyl (C=O) groups excluding carboxylic acids is 1. The Labute approximate surface area is 161 Å². The normalized spacial score (nSPS) is 11.2. The van der Waals surface area contributed by atoms with Gasteiger partial charge in [-0.2, -0.15) is 0 Å². The molecule has 0 fully saturated rings. The molecule has 4 aromatic rings. The van der Waals surface area contributed by atoms with E-state index in [1.807, 2.05) is 54.0 Å². The predicted octanol–water partition coefficient (Wildman–Crippen LogP) is 2.45. The van der Waals surface area contributed by atoms with Crippen LogP contribution < -0.4 is 10.9 Å². The quantitative estimate of drug-likeness (QED) is 0.561. The van der Waals surface area contributed by atoms with Gasteiger partial charge in [0.25, 0.3) is 5.56 Å². The number of rotatable bonds is 6. The van der Waals surface area contributed by atoms with Crippen molar-refractivity contribution in [3.05, 3.63) is 76.7 Å². The van der Waals surface area contributed by atoms with Crippen LogP contribution >= 0.6 is 0 Å². The topological polar surface area (TPSA) is 81.3 Å². The number of pyridine rings is 1. The number of benzene rings is 1. The summed E-state index contributed by atoms with van der Waals surface area (Å²) < 4.78 is 3.49. The van der Waals surface area contributed by atoms with Gasteiger partial charge in [0.05, 0.1) is 29.5 Å². The number of para-hydroxylation sites is 1. The van der Waals surface area contributed by atoms with Gasteiger partial charge in [-0.3, -0.25) is 14.2 Å². The second-order valence-corrected chi connectivity index (χ2v) is 6.79. The number of hydrogen-bond donors (Lipinski definition) is 1. The molecule has 0 saturated heterocycles. The molecule has 0 atom stereocenters. The van der Waals surface area contributed by atoms with Crippen LogP contribution in [-0.4, -0.2) is 24.8 Å². The number of imidazole rings is 1. The Morgan fingerprint density at radius 3 is 2.93 bits per heavy atom. The maximum Gasteiger partial charge on any atom is 0.261 e. The van der Waals surface area contributed by atoms with Crippen LogP contribution in [0.3, 0.4) is 0 Å². The molecule has 7 heteroatoms. The Morgan fingerprint density at radius 2 is 2.07 bits per heavy atom. The summed E-state index contributed by atoms with van der Waals surface area (Å²) in [5, 5.41) is 3.49. The van der Waals surface area contributed by atoms with Crippen LogP contribution in [0.1, 0.15) is 24.1 Å². The van der Waals surface area contributed by atoms with Crippen LogP contribution in [-0.2, 0) is 17.9 Å². The number of nitrogens with zero attached hydrogens (tertiary/aromatic N) is 4. The number of carbonyl (C=O) groups is 1. The van der Waals surface area contributed by atoms with Crippen LogP contribution in [0.4, 0.5) is 0 Å². The molecular formula is C21H21N5O2. The summed E-state index contributed by atoms with van der Waals surface area (Å²) in [6.07, 6.45) is 6.29. The Balaban J connectivity index is 1.32. The molecule has 28 heavy (non-hydrogen) atoms. The van der Waals surface area contributed by atoms with Crippen molar-refractivity contribution in [2.75, 3.05) is 0 Å². The Morgan fingerprint density at radius 1 is 1.18 bits per heavy atom. The summed E-state index contributed by atoms with van der Waals surface area (Å²) in [7, 11) is 0. The zero-order chi connectivity index (χ0) is 19.5. The van der Waals surface area contributed by atoms with Gasteiger partial charge in [0.2, 0.25) is 5.91 Å².